The van der Waals surface area contributed by atoms with Crippen LogP contribution in [0.1, 0.15) is 19.8 Å². The maximum Gasteiger partial charge on any atom is 0.191 e. The zero-order chi connectivity index (χ0) is 16.5. The molecule has 1 saturated heterocycles. The maximum absolute atomic E-state index is 5.53. The molecule has 130 valence electrons. The van der Waals surface area contributed by atoms with Gasteiger partial charge in [-0.3, -0.25) is 4.99 Å². The van der Waals surface area contributed by atoms with Crippen molar-refractivity contribution in [1.29, 1.82) is 0 Å². The number of nitrogens with one attached hydrogen (secondary N) is 2. The molecule has 0 spiro atoms. The Hall–Kier alpha value is -1.53. The van der Waals surface area contributed by atoms with E-state index in [2.05, 4.69) is 53.5 Å². The van der Waals surface area contributed by atoms with Crippen LogP contribution in [0.25, 0.3) is 0 Å². The minimum atomic E-state index is 0.112. The van der Waals surface area contributed by atoms with Crippen LogP contribution in [0.15, 0.2) is 29.5 Å². The van der Waals surface area contributed by atoms with Gasteiger partial charge in [0.25, 0.3) is 0 Å². The van der Waals surface area contributed by atoms with E-state index < -0.39 is 0 Å². The van der Waals surface area contributed by atoms with Crippen LogP contribution in [0.4, 0.5) is 0 Å². The fourth-order valence-electron chi connectivity index (χ4n) is 2.89. The Morgan fingerprint density at radius 2 is 1.91 bits per heavy atom. The molecule has 2 rings (SSSR count). The highest BCUT2D eigenvalue weighted by Gasteiger charge is 2.34. The molecule has 1 aliphatic rings. The summed E-state index contributed by atoms with van der Waals surface area (Å²) in [4.78, 5) is 7.15. The van der Waals surface area contributed by atoms with Gasteiger partial charge in [-0.25, -0.2) is 0 Å². The van der Waals surface area contributed by atoms with Gasteiger partial charge in [-0.15, -0.1) is 0 Å². The molecule has 0 aromatic carbocycles. The molecule has 23 heavy (non-hydrogen) atoms. The highest BCUT2D eigenvalue weighted by atomic mass is 16.5. The second-order valence-electron chi connectivity index (χ2n) is 6.27. The van der Waals surface area contributed by atoms with E-state index in [1.807, 2.05) is 12.1 Å². The van der Waals surface area contributed by atoms with Gasteiger partial charge in [0.15, 0.2) is 5.96 Å². The molecule has 1 aliphatic heterocycles. The van der Waals surface area contributed by atoms with Crippen LogP contribution in [0.2, 0.25) is 0 Å². The fourth-order valence-corrected chi connectivity index (χ4v) is 2.89. The number of ether oxygens (including phenoxy) is 1. The van der Waals surface area contributed by atoms with Crippen LogP contribution in [0.5, 0.6) is 0 Å². The first kappa shape index (κ1) is 17.8. The fraction of sp³-hybridized carbons (Fsp3) is 0.706. The van der Waals surface area contributed by atoms with Gasteiger partial charge in [-0.05, 0) is 46.0 Å². The van der Waals surface area contributed by atoms with Crippen molar-refractivity contribution in [2.75, 3.05) is 46.9 Å². The Morgan fingerprint density at radius 1 is 1.22 bits per heavy atom. The Morgan fingerprint density at radius 3 is 2.52 bits per heavy atom. The third-order valence-corrected chi connectivity index (χ3v) is 4.58. The zero-order valence-electron chi connectivity index (χ0n) is 14.7. The van der Waals surface area contributed by atoms with Crippen LogP contribution in [-0.4, -0.2) is 67.9 Å². The van der Waals surface area contributed by atoms with Gasteiger partial charge >= 0.3 is 0 Å². The monoisotopic (exact) mass is 321 g/mol. The molecule has 6 heteroatoms. The van der Waals surface area contributed by atoms with E-state index >= 15 is 0 Å². The van der Waals surface area contributed by atoms with Gasteiger partial charge in [-0.2, -0.15) is 0 Å². The lowest BCUT2D eigenvalue weighted by Gasteiger charge is -2.41. The first-order valence-electron chi connectivity index (χ1n) is 8.54. The van der Waals surface area contributed by atoms with E-state index in [0.717, 1.165) is 58.2 Å². The number of aliphatic imine (C=N–C) groups is 1. The third kappa shape index (κ3) is 5.25. The number of rotatable bonds is 7. The van der Waals surface area contributed by atoms with Crippen molar-refractivity contribution in [1.82, 2.24) is 20.1 Å². The lowest BCUT2D eigenvalue weighted by molar-refractivity contribution is -0.00254. The van der Waals surface area contributed by atoms with Crippen molar-refractivity contribution in [3.05, 3.63) is 24.5 Å². The molecule has 2 heterocycles. The molecule has 0 saturated carbocycles. The van der Waals surface area contributed by atoms with Crippen LogP contribution < -0.4 is 10.6 Å². The van der Waals surface area contributed by atoms with Gasteiger partial charge in [-0.1, -0.05) is 0 Å². The summed E-state index contributed by atoms with van der Waals surface area (Å²) in [6, 6.07) is 4.09. The molecule has 2 N–H and O–H groups in total. The summed E-state index contributed by atoms with van der Waals surface area (Å²) in [5.41, 5.74) is 0.112. The van der Waals surface area contributed by atoms with Crippen molar-refractivity contribution in [2.24, 2.45) is 4.99 Å². The number of nitrogens with zero attached hydrogens (tertiary/aromatic N) is 3. The number of hydrogen-bond donors (Lipinski definition) is 2. The topological polar surface area (TPSA) is 53.8 Å². The number of guanidine groups is 1. The van der Waals surface area contributed by atoms with E-state index in [1.54, 1.807) is 0 Å². The molecule has 1 aromatic heterocycles. The van der Waals surface area contributed by atoms with Crippen LogP contribution in [0, 0.1) is 0 Å². The lowest BCUT2D eigenvalue weighted by atomic mass is 9.89. The quantitative estimate of drug-likeness (QED) is 0.584. The molecule has 0 bridgehead atoms. The summed E-state index contributed by atoms with van der Waals surface area (Å²) in [5.74, 6) is 0.896. The molecule has 0 unspecified atom stereocenters. The van der Waals surface area contributed by atoms with Gasteiger partial charge in [0.05, 0.1) is 6.54 Å². The third-order valence-electron chi connectivity index (χ3n) is 4.58. The number of hydrogen-bond acceptors (Lipinski definition) is 3. The average Bonchev–Trinajstić information content (AvgIpc) is 3.07. The Balaban J connectivity index is 1.90. The molecule has 0 amide bonds. The Kier molecular flexibility index (Phi) is 6.92. The van der Waals surface area contributed by atoms with Gasteiger partial charge in [0.1, 0.15) is 0 Å². The predicted octanol–water partition coefficient (Wildman–Crippen LogP) is 1.15. The van der Waals surface area contributed by atoms with Gasteiger partial charge in [0.2, 0.25) is 0 Å². The highest BCUT2D eigenvalue weighted by Crippen LogP contribution is 2.26. The Bertz CT molecular complexity index is 463. The average molecular weight is 321 g/mol. The zero-order valence-corrected chi connectivity index (χ0v) is 14.7. The summed E-state index contributed by atoms with van der Waals surface area (Å²) in [5, 5.41) is 6.76. The minimum absolute atomic E-state index is 0.112. The highest BCUT2D eigenvalue weighted by molar-refractivity contribution is 5.79. The van der Waals surface area contributed by atoms with Gasteiger partial charge in [0, 0.05) is 50.8 Å². The summed E-state index contributed by atoms with van der Waals surface area (Å²) >= 11 is 0. The van der Waals surface area contributed by atoms with Crippen LogP contribution >= 0.6 is 0 Å². The molecule has 0 atom stereocenters. The van der Waals surface area contributed by atoms with E-state index in [9.17, 15) is 0 Å². The summed E-state index contributed by atoms with van der Waals surface area (Å²) in [6.45, 7) is 7.20. The summed E-state index contributed by atoms with van der Waals surface area (Å²) in [7, 11) is 4.29. The predicted molar refractivity (Wildman–Crippen MR) is 94.9 cm³/mol. The minimum Gasteiger partial charge on any atom is -0.381 e. The number of likely N-dealkylation sites (N-methyl/N-ethyl adjacent to an activating group) is 1. The second kappa shape index (κ2) is 8.93. The molecule has 6 nitrogen and oxygen atoms in total. The summed E-state index contributed by atoms with van der Waals surface area (Å²) in [6.07, 6.45) is 6.22. The van der Waals surface area contributed by atoms with E-state index in [4.69, 9.17) is 9.73 Å². The van der Waals surface area contributed by atoms with E-state index in [1.165, 1.54) is 0 Å². The maximum atomic E-state index is 5.53. The standard InChI is InChI=1S/C17H31N5O/c1-4-18-16(19-9-12-22-10-5-6-11-22)20-15-17(21(2)3)7-13-23-14-8-17/h5-6,10-11H,4,7-9,12-15H2,1-3H3,(H2,18,19,20). The molecule has 0 aliphatic carbocycles. The first-order valence-corrected chi connectivity index (χ1v) is 8.54. The first-order chi connectivity index (χ1) is 11.2. The molecule has 0 radical (unpaired) electrons. The number of aromatic nitrogens is 1. The van der Waals surface area contributed by atoms with Crippen LogP contribution in [0.3, 0.4) is 0 Å². The van der Waals surface area contributed by atoms with Crippen LogP contribution in [-0.2, 0) is 11.3 Å². The largest absolute Gasteiger partial charge is 0.381 e. The summed E-state index contributed by atoms with van der Waals surface area (Å²) < 4.78 is 7.69. The molecule has 1 aromatic rings. The van der Waals surface area contributed by atoms with E-state index in [0.29, 0.717) is 0 Å². The Labute approximate surface area is 139 Å². The lowest BCUT2D eigenvalue weighted by Crippen LogP contribution is -2.51. The van der Waals surface area contributed by atoms with Crippen molar-refractivity contribution in [3.63, 3.8) is 0 Å². The van der Waals surface area contributed by atoms with Crippen molar-refractivity contribution in [2.45, 2.75) is 31.8 Å². The smallest absolute Gasteiger partial charge is 0.191 e. The SMILES string of the molecule is CCNC(=NCC1(N(C)C)CCOCC1)NCCn1cccc1. The van der Waals surface area contributed by atoms with Crippen molar-refractivity contribution in [3.8, 4) is 0 Å². The normalized spacial score (nSPS) is 18.2. The van der Waals surface area contributed by atoms with Gasteiger partial charge < -0.3 is 24.8 Å². The second-order valence-corrected chi connectivity index (χ2v) is 6.27. The van der Waals surface area contributed by atoms with Crippen molar-refractivity contribution >= 4 is 5.96 Å². The van der Waals surface area contributed by atoms with Crippen molar-refractivity contribution < 1.29 is 4.74 Å². The molecular formula is C17H31N5O. The van der Waals surface area contributed by atoms with E-state index in [-0.39, 0.29) is 5.54 Å². The molecular weight excluding hydrogens is 290 g/mol. The molecule has 1 fully saturated rings.